The number of nitrogens with zero attached hydrogens (tertiary/aromatic N) is 5. The van der Waals surface area contributed by atoms with Crippen LogP contribution in [0.15, 0.2) is 107 Å². The van der Waals surface area contributed by atoms with Crippen LogP contribution in [0.5, 0.6) is 11.5 Å². The number of imidazole rings is 1. The summed E-state index contributed by atoms with van der Waals surface area (Å²) in [5.41, 5.74) is 1.99. The molecule has 6 aromatic rings. The molecule has 0 radical (unpaired) electrons. The Morgan fingerprint density at radius 3 is 2.33 bits per heavy atom. The minimum atomic E-state index is -0.383. The van der Waals surface area contributed by atoms with Crippen LogP contribution in [-0.2, 0) is 20.1 Å². The summed E-state index contributed by atoms with van der Waals surface area (Å²) >= 11 is 0. The van der Waals surface area contributed by atoms with Crippen molar-refractivity contribution in [2.45, 2.75) is 13.1 Å². The van der Waals surface area contributed by atoms with E-state index in [0.717, 1.165) is 33.5 Å². The van der Waals surface area contributed by atoms with E-state index in [4.69, 9.17) is 9.72 Å². The van der Waals surface area contributed by atoms with Gasteiger partial charge in [-0.3, -0.25) is 13.9 Å². The average molecular weight is 516 g/mol. The lowest BCUT2D eigenvalue weighted by Crippen LogP contribution is -2.40. The van der Waals surface area contributed by atoms with Crippen molar-refractivity contribution in [3.8, 4) is 11.5 Å². The van der Waals surface area contributed by atoms with Crippen molar-refractivity contribution in [2.24, 2.45) is 7.05 Å². The van der Waals surface area contributed by atoms with Gasteiger partial charge in [-0.05, 0) is 52.7 Å². The summed E-state index contributed by atoms with van der Waals surface area (Å²) in [5, 5.41) is 2.10. The van der Waals surface area contributed by atoms with Gasteiger partial charge in [0.2, 0.25) is 5.95 Å². The molecular weight excluding hydrogens is 490 g/mol. The molecule has 39 heavy (non-hydrogen) atoms. The highest BCUT2D eigenvalue weighted by Gasteiger charge is 2.29. The maximum absolute atomic E-state index is 13.8. The highest BCUT2D eigenvalue weighted by Crippen LogP contribution is 2.33. The van der Waals surface area contributed by atoms with E-state index in [9.17, 15) is 9.59 Å². The number of fused-ring (bicyclic) bond motifs is 4. The number of benzene rings is 4. The molecule has 1 aliphatic rings. The summed E-state index contributed by atoms with van der Waals surface area (Å²) in [4.78, 5) is 34.0. The minimum Gasteiger partial charge on any atom is -0.457 e. The van der Waals surface area contributed by atoms with Gasteiger partial charge < -0.3 is 14.2 Å². The molecule has 0 N–H and O–H groups in total. The molecule has 0 bridgehead atoms. The van der Waals surface area contributed by atoms with Crippen LogP contribution < -0.4 is 20.9 Å². The van der Waals surface area contributed by atoms with Crippen molar-refractivity contribution >= 4 is 33.6 Å². The van der Waals surface area contributed by atoms with E-state index in [2.05, 4.69) is 4.90 Å². The molecule has 0 saturated heterocycles. The summed E-state index contributed by atoms with van der Waals surface area (Å²) in [6.07, 6.45) is 0. The van der Waals surface area contributed by atoms with Gasteiger partial charge >= 0.3 is 5.69 Å². The van der Waals surface area contributed by atoms with Gasteiger partial charge in [0.05, 0.1) is 6.54 Å². The fourth-order valence-electron chi connectivity index (χ4n) is 5.38. The molecule has 3 heterocycles. The maximum Gasteiger partial charge on any atom is 0.332 e. The first-order valence-electron chi connectivity index (χ1n) is 12.9. The zero-order valence-electron chi connectivity index (χ0n) is 21.3. The van der Waals surface area contributed by atoms with E-state index < -0.39 is 0 Å². The molecule has 2 aromatic heterocycles. The lowest BCUT2D eigenvalue weighted by molar-refractivity contribution is 0.482. The van der Waals surface area contributed by atoms with Crippen molar-refractivity contribution in [1.82, 2.24) is 18.7 Å². The standard InChI is InChI=1S/C31H25N5O3/c1-33-28-27(29(37)36(31(33)38)20-22-10-7-9-21-8-5-6-13-26(21)22)35-19-18-34(30(35)32-28)23-14-16-25(17-15-23)39-24-11-3-2-4-12-24/h2-17H,18-20H2,1H3. The Balaban J connectivity index is 1.26. The first-order valence-corrected chi connectivity index (χ1v) is 12.9. The molecule has 0 fully saturated rings. The Kier molecular flexibility index (Phi) is 5.33. The van der Waals surface area contributed by atoms with Crippen LogP contribution >= 0.6 is 0 Å². The van der Waals surface area contributed by atoms with Gasteiger partial charge in [-0.25, -0.2) is 4.79 Å². The SMILES string of the molecule is Cn1c(=O)n(Cc2cccc3ccccc23)c(=O)c2c1nc1n2CCN1c1ccc(Oc2ccccc2)cc1. The van der Waals surface area contributed by atoms with Gasteiger partial charge in [-0.1, -0.05) is 60.7 Å². The topological polar surface area (TPSA) is 74.3 Å². The number of anilines is 2. The lowest BCUT2D eigenvalue weighted by Gasteiger charge is -2.16. The summed E-state index contributed by atoms with van der Waals surface area (Å²) in [7, 11) is 1.67. The lowest BCUT2D eigenvalue weighted by atomic mass is 10.0. The molecule has 0 aliphatic carbocycles. The Labute approximate surface area is 223 Å². The predicted molar refractivity (Wildman–Crippen MR) is 152 cm³/mol. The molecule has 1 aliphatic heterocycles. The van der Waals surface area contributed by atoms with Crippen LogP contribution in [-0.4, -0.2) is 25.2 Å². The molecular formula is C31H25N5O3. The highest BCUT2D eigenvalue weighted by atomic mass is 16.5. The van der Waals surface area contributed by atoms with Crippen molar-refractivity contribution in [2.75, 3.05) is 11.4 Å². The van der Waals surface area contributed by atoms with Gasteiger partial charge in [0, 0.05) is 25.8 Å². The molecule has 8 heteroatoms. The normalized spacial score (nSPS) is 12.8. The number of hydrogen-bond donors (Lipinski definition) is 0. The number of aryl methyl sites for hydroxylation is 1. The second-order valence-electron chi connectivity index (χ2n) is 9.67. The van der Waals surface area contributed by atoms with Gasteiger partial charge in [-0.15, -0.1) is 0 Å². The summed E-state index contributed by atoms with van der Waals surface area (Å²) < 4.78 is 10.6. The van der Waals surface area contributed by atoms with Crippen molar-refractivity contribution in [3.63, 3.8) is 0 Å². The molecule has 0 saturated carbocycles. The quantitative estimate of drug-likeness (QED) is 0.322. The van der Waals surface area contributed by atoms with E-state index in [0.29, 0.717) is 30.2 Å². The number of aromatic nitrogens is 4. The zero-order chi connectivity index (χ0) is 26.5. The summed E-state index contributed by atoms with van der Waals surface area (Å²) in [5.74, 6) is 2.15. The van der Waals surface area contributed by atoms with Crippen molar-refractivity contribution < 1.29 is 4.74 Å². The Hall–Kier alpha value is -5.11. The van der Waals surface area contributed by atoms with E-state index in [-0.39, 0.29) is 17.8 Å². The zero-order valence-corrected chi connectivity index (χ0v) is 21.3. The molecule has 0 amide bonds. The third-order valence-corrected chi connectivity index (χ3v) is 7.34. The van der Waals surface area contributed by atoms with Crippen molar-refractivity contribution in [1.29, 1.82) is 0 Å². The van der Waals surface area contributed by atoms with Gasteiger partial charge in [0.15, 0.2) is 11.2 Å². The van der Waals surface area contributed by atoms with Gasteiger partial charge in [0.1, 0.15) is 11.5 Å². The van der Waals surface area contributed by atoms with E-state index in [1.54, 1.807) is 7.05 Å². The third-order valence-electron chi connectivity index (χ3n) is 7.34. The number of rotatable bonds is 5. The van der Waals surface area contributed by atoms with Crippen LogP contribution in [0.4, 0.5) is 11.6 Å². The fraction of sp³-hybridized carbons (Fsp3) is 0.129. The second kappa shape index (κ2) is 9.02. The second-order valence-corrected chi connectivity index (χ2v) is 9.67. The molecule has 0 atom stereocenters. The monoisotopic (exact) mass is 515 g/mol. The first-order chi connectivity index (χ1) is 19.1. The molecule has 0 spiro atoms. The average Bonchev–Trinajstić information content (AvgIpc) is 3.55. The Morgan fingerprint density at radius 2 is 1.51 bits per heavy atom. The van der Waals surface area contributed by atoms with Crippen molar-refractivity contribution in [3.05, 3.63) is 123 Å². The third kappa shape index (κ3) is 3.80. The predicted octanol–water partition coefficient (Wildman–Crippen LogP) is 5.04. The molecule has 0 unspecified atom stereocenters. The summed E-state index contributed by atoms with van der Waals surface area (Å²) in [6, 6.07) is 31.4. The van der Waals surface area contributed by atoms with E-state index in [1.807, 2.05) is 102 Å². The smallest absolute Gasteiger partial charge is 0.332 e. The largest absolute Gasteiger partial charge is 0.457 e. The van der Waals surface area contributed by atoms with Crippen LogP contribution in [0.3, 0.4) is 0 Å². The van der Waals surface area contributed by atoms with Crippen LogP contribution in [0.25, 0.3) is 21.9 Å². The number of ether oxygens (including phenoxy) is 1. The maximum atomic E-state index is 13.8. The van der Waals surface area contributed by atoms with Gasteiger partial charge in [-0.2, -0.15) is 4.98 Å². The van der Waals surface area contributed by atoms with Crippen LogP contribution in [0.2, 0.25) is 0 Å². The van der Waals surface area contributed by atoms with Crippen LogP contribution in [0.1, 0.15) is 5.56 Å². The van der Waals surface area contributed by atoms with Gasteiger partial charge in [0.25, 0.3) is 5.56 Å². The molecule has 7 rings (SSSR count). The molecule has 4 aromatic carbocycles. The molecule has 192 valence electrons. The summed E-state index contributed by atoms with van der Waals surface area (Å²) in [6.45, 7) is 1.45. The minimum absolute atomic E-state index is 0.190. The number of para-hydroxylation sites is 1. The Bertz CT molecular complexity index is 1970. The number of hydrogen-bond acceptors (Lipinski definition) is 5. The van der Waals surface area contributed by atoms with E-state index >= 15 is 0 Å². The Morgan fingerprint density at radius 1 is 0.795 bits per heavy atom. The highest BCUT2D eigenvalue weighted by molar-refractivity contribution is 5.85. The van der Waals surface area contributed by atoms with Crippen LogP contribution in [0, 0.1) is 0 Å². The fourth-order valence-corrected chi connectivity index (χ4v) is 5.38. The van der Waals surface area contributed by atoms with E-state index in [1.165, 1.54) is 9.13 Å². The first kappa shape index (κ1) is 23.0. The molecule has 8 nitrogen and oxygen atoms in total.